The molecule has 176 valence electrons. The highest BCUT2D eigenvalue weighted by atomic mass is 16.5. The van der Waals surface area contributed by atoms with Gasteiger partial charge in [0.1, 0.15) is 11.4 Å². The van der Waals surface area contributed by atoms with Gasteiger partial charge in [-0.15, -0.1) is 0 Å². The summed E-state index contributed by atoms with van der Waals surface area (Å²) in [7, 11) is 0. The number of nitrogens with zero attached hydrogens (tertiary/aromatic N) is 4. The molecule has 2 atom stereocenters. The van der Waals surface area contributed by atoms with Crippen molar-refractivity contribution >= 4 is 23.4 Å². The summed E-state index contributed by atoms with van der Waals surface area (Å²) in [6.07, 6.45) is 1.73. The standard InChI is InChI=1S/C26H29N5O3/c1-15(2)19-6-5-18(10-17(19)11-27)31-24(32)26(3,4)30(25(31)33)12-16-7-8-28-22(9-16)29-23-20-13-34-14-21(20)23/h5-10,15,20-21,23H,12-14H2,1-4H3,(H,28,29). The van der Waals surface area contributed by atoms with E-state index in [0.717, 1.165) is 30.2 Å². The highest BCUT2D eigenvalue weighted by molar-refractivity contribution is 6.23. The molecule has 5 rings (SSSR count). The first-order valence-electron chi connectivity index (χ1n) is 11.7. The summed E-state index contributed by atoms with van der Waals surface area (Å²) in [6.45, 7) is 9.40. The molecule has 2 saturated heterocycles. The van der Waals surface area contributed by atoms with Crippen LogP contribution in [0.3, 0.4) is 0 Å². The fraction of sp³-hybridized carbons (Fsp3) is 0.462. The van der Waals surface area contributed by atoms with Crippen LogP contribution in [0.4, 0.5) is 16.3 Å². The van der Waals surface area contributed by atoms with Crippen molar-refractivity contribution < 1.29 is 14.3 Å². The number of hydrogen-bond acceptors (Lipinski definition) is 6. The Hall–Kier alpha value is -3.44. The number of fused-ring (bicyclic) bond motifs is 1. The van der Waals surface area contributed by atoms with Crippen LogP contribution in [-0.4, -0.2) is 46.6 Å². The largest absolute Gasteiger partial charge is 0.381 e. The molecule has 34 heavy (non-hydrogen) atoms. The molecule has 0 bridgehead atoms. The number of rotatable bonds is 6. The number of carbonyl (C=O) groups excluding carboxylic acids is 2. The van der Waals surface area contributed by atoms with Gasteiger partial charge >= 0.3 is 6.03 Å². The van der Waals surface area contributed by atoms with E-state index in [1.54, 1.807) is 37.1 Å². The van der Waals surface area contributed by atoms with Gasteiger partial charge < -0.3 is 15.0 Å². The molecule has 1 aromatic carbocycles. The van der Waals surface area contributed by atoms with Crippen LogP contribution in [0, 0.1) is 23.2 Å². The van der Waals surface area contributed by atoms with Crippen molar-refractivity contribution in [2.45, 2.75) is 51.7 Å². The number of ether oxygens (including phenoxy) is 1. The Labute approximate surface area is 199 Å². The fourth-order valence-electron chi connectivity index (χ4n) is 5.07. The number of urea groups is 1. The minimum Gasteiger partial charge on any atom is -0.381 e. The van der Waals surface area contributed by atoms with Gasteiger partial charge in [0, 0.05) is 30.6 Å². The highest BCUT2D eigenvalue weighted by Gasteiger charge is 2.54. The number of carbonyl (C=O) groups is 2. The lowest BCUT2D eigenvalue weighted by molar-refractivity contribution is -0.123. The Morgan fingerprint density at radius 1 is 1.21 bits per heavy atom. The van der Waals surface area contributed by atoms with Crippen LogP contribution in [0.15, 0.2) is 36.5 Å². The number of nitrogens with one attached hydrogen (secondary N) is 1. The van der Waals surface area contributed by atoms with Crippen molar-refractivity contribution in [3.8, 4) is 6.07 Å². The van der Waals surface area contributed by atoms with Crippen molar-refractivity contribution in [1.82, 2.24) is 9.88 Å². The fourth-order valence-corrected chi connectivity index (χ4v) is 5.07. The molecule has 0 spiro atoms. The number of aromatic nitrogens is 1. The van der Waals surface area contributed by atoms with Gasteiger partial charge in [0.05, 0.1) is 30.5 Å². The number of imide groups is 1. The topological polar surface area (TPSA) is 98.6 Å². The summed E-state index contributed by atoms with van der Waals surface area (Å²) >= 11 is 0. The van der Waals surface area contributed by atoms with Gasteiger partial charge in [-0.1, -0.05) is 19.9 Å². The van der Waals surface area contributed by atoms with Crippen LogP contribution >= 0.6 is 0 Å². The van der Waals surface area contributed by atoms with E-state index in [2.05, 4.69) is 16.4 Å². The summed E-state index contributed by atoms with van der Waals surface area (Å²) in [5.74, 6) is 1.73. The SMILES string of the molecule is CC(C)c1ccc(N2C(=O)N(Cc3ccnc(NC4C5COCC54)c3)C(C)(C)C2=O)cc1C#N. The van der Waals surface area contributed by atoms with Gasteiger partial charge in [-0.2, -0.15) is 5.26 Å². The predicted molar refractivity (Wildman–Crippen MR) is 127 cm³/mol. The third-order valence-corrected chi connectivity index (χ3v) is 7.29. The number of hydrogen-bond donors (Lipinski definition) is 1. The molecule has 3 amide bonds. The maximum absolute atomic E-state index is 13.5. The molecule has 2 aromatic rings. The number of amides is 3. The zero-order valence-electron chi connectivity index (χ0n) is 19.9. The summed E-state index contributed by atoms with van der Waals surface area (Å²) in [6, 6.07) is 11.2. The quantitative estimate of drug-likeness (QED) is 0.659. The van der Waals surface area contributed by atoms with Crippen molar-refractivity contribution in [2.75, 3.05) is 23.4 Å². The Bertz CT molecular complexity index is 1190. The van der Waals surface area contributed by atoms with Gasteiger partial charge in [0.15, 0.2) is 0 Å². The van der Waals surface area contributed by atoms with E-state index in [-0.39, 0.29) is 18.4 Å². The van der Waals surface area contributed by atoms with E-state index in [4.69, 9.17) is 4.74 Å². The second-order valence-corrected chi connectivity index (χ2v) is 10.2. The normalized spacial score (nSPS) is 25.0. The molecule has 1 N–H and O–H groups in total. The van der Waals surface area contributed by atoms with Crippen LogP contribution in [0.25, 0.3) is 0 Å². The molecule has 3 heterocycles. The first-order chi connectivity index (χ1) is 16.2. The number of benzene rings is 1. The van der Waals surface area contributed by atoms with Crippen molar-refractivity contribution in [3.63, 3.8) is 0 Å². The Kier molecular flexibility index (Phi) is 5.33. The molecular weight excluding hydrogens is 430 g/mol. The molecule has 1 aliphatic carbocycles. The number of pyridine rings is 1. The minimum atomic E-state index is -1.03. The summed E-state index contributed by atoms with van der Waals surface area (Å²) in [5.41, 5.74) is 1.66. The van der Waals surface area contributed by atoms with Crippen LogP contribution in [0.1, 0.15) is 50.3 Å². The first-order valence-corrected chi connectivity index (χ1v) is 11.7. The van der Waals surface area contributed by atoms with Gasteiger partial charge in [-0.05, 0) is 55.2 Å². The van der Waals surface area contributed by atoms with Crippen molar-refractivity contribution in [2.24, 2.45) is 11.8 Å². The second kappa shape index (κ2) is 8.10. The van der Waals surface area contributed by atoms with Gasteiger partial charge in [-0.25, -0.2) is 14.7 Å². The van der Waals surface area contributed by atoms with Crippen LogP contribution in [-0.2, 0) is 16.1 Å². The maximum Gasteiger partial charge on any atom is 0.332 e. The molecule has 0 radical (unpaired) electrons. The molecule has 8 heteroatoms. The second-order valence-electron chi connectivity index (χ2n) is 10.2. The van der Waals surface area contributed by atoms with E-state index in [1.165, 1.54) is 4.90 Å². The Balaban J connectivity index is 1.37. The zero-order chi connectivity index (χ0) is 24.2. The van der Waals surface area contributed by atoms with Gasteiger partial charge in [0.2, 0.25) is 0 Å². The van der Waals surface area contributed by atoms with Gasteiger partial charge in [-0.3, -0.25) is 4.79 Å². The maximum atomic E-state index is 13.5. The molecule has 3 aliphatic rings. The predicted octanol–water partition coefficient (Wildman–Crippen LogP) is 3.88. The smallest absolute Gasteiger partial charge is 0.332 e. The van der Waals surface area contributed by atoms with Gasteiger partial charge in [0.25, 0.3) is 5.91 Å². The average molecular weight is 460 g/mol. The third-order valence-electron chi connectivity index (χ3n) is 7.29. The Morgan fingerprint density at radius 3 is 2.62 bits per heavy atom. The monoisotopic (exact) mass is 459 g/mol. The summed E-state index contributed by atoms with van der Waals surface area (Å²) in [5, 5.41) is 13.1. The van der Waals surface area contributed by atoms with E-state index in [0.29, 0.717) is 29.1 Å². The lowest BCUT2D eigenvalue weighted by Gasteiger charge is -2.27. The lowest BCUT2D eigenvalue weighted by atomic mass is 9.97. The minimum absolute atomic E-state index is 0.166. The molecule has 2 unspecified atom stereocenters. The molecule has 3 fully saturated rings. The Morgan fingerprint density at radius 2 is 1.94 bits per heavy atom. The van der Waals surface area contributed by atoms with E-state index < -0.39 is 11.6 Å². The third kappa shape index (κ3) is 3.61. The van der Waals surface area contributed by atoms with Crippen LogP contribution in [0.2, 0.25) is 0 Å². The highest BCUT2D eigenvalue weighted by Crippen LogP contribution is 2.45. The lowest BCUT2D eigenvalue weighted by Crippen LogP contribution is -2.43. The molecule has 1 aromatic heterocycles. The van der Waals surface area contributed by atoms with Crippen molar-refractivity contribution in [1.29, 1.82) is 5.26 Å². The zero-order valence-corrected chi connectivity index (χ0v) is 19.9. The molecular formula is C26H29N5O3. The van der Waals surface area contributed by atoms with Crippen LogP contribution in [0.5, 0.6) is 0 Å². The van der Waals surface area contributed by atoms with E-state index >= 15 is 0 Å². The molecule has 8 nitrogen and oxygen atoms in total. The number of anilines is 2. The number of nitriles is 1. The molecule has 2 aliphatic heterocycles. The van der Waals surface area contributed by atoms with E-state index in [9.17, 15) is 14.9 Å². The summed E-state index contributed by atoms with van der Waals surface area (Å²) < 4.78 is 5.45. The molecule has 1 saturated carbocycles. The van der Waals surface area contributed by atoms with Crippen molar-refractivity contribution in [3.05, 3.63) is 53.2 Å². The van der Waals surface area contributed by atoms with E-state index in [1.807, 2.05) is 32.0 Å². The summed E-state index contributed by atoms with van der Waals surface area (Å²) in [4.78, 5) is 34.0. The average Bonchev–Trinajstić information content (AvgIpc) is 3.14. The van der Waals surface area contributed by atoms with Crippen LogP contribution < -0.4 is 10.2 Å². The first kappa shape index (κ1) is 22.4.